The quantitative estimate of drug-likeness (QED) is 0.920. The monoisotopic (exact) mass is 311 g/mol. The van der Waals surface area contributed by atoms with Gasteiger partial charge in [0.15, 0.2) is 0 Å². The molecule has 1 aromatic rings. The molecular weight excluding hydrogens is 290 g/mol. The Balaban J connectivity index is 2.02. The lowest BCUT2D eigenvalue weighted by molar-refractivity contribution is 0.0378. The van der Waals surface area contributed by atoms with Gasteiger partial charge in [-0.2, -0.15) is 0 Å². The molecule has 0 radical (unpaired) electrons. The van der Waals surface area contributed by atoms with Crippen LogP contribution in [0.2, 0.25) is 0 Å². The van der Waals surface area contributed by atoms with Crippen molar-refractivity contribution in [3.8, 4) is 0 Å². The zero-order chi connectivity index (χ0) is 13.1. The van der Waals surface area contributed by atoms with Crippen LogP contribution in [-0.4, -0.2) is 16.2 Å². The maximum atomic E-state index is 10.2. The minimum atomic E-state index is -0.140. The summed E-state index contributed by atoms with van der Waals surface area (Å²) in [4.78, 5) is 4.20. The Bertz CT molecular complexity index is 394. The van der Waals surface area contributed by atoms with Gasteiger partial charge in [0.1, 0.15) is 0 Å². The van der Waals surface area contributed by atoms with Crippen molar-refractivity contribution in [3.05, 3.63) is 28.5 Å². The summed E-state index contributed by atoms with van der Waals surface area (Å²) in [5.74, 6) is 1.88. The summed E-state index contributed by atoms with van der Waals surface area (Å²) in [6, 6.07) is 2.11. The van der Waals surface area contributed by atoms with E-state index >= 15 is 0 Å². The molecule has 0 amide bonds. The SMILES string of the molecule is CC(C)C1CCC(O)C(Cc2cncc(Br)c2)C1. The molecule has 0 saturated heterocycles. The summed E-state index contributed by atoms with van der Waals surface area (Å²) in [5.41, 5.74) is 1.22. The van der Waals surface area contributed by atoms with Gasteiger partial charge in [-0.1, -0.05) is 13.8 Å². The van der Waals surface area contributed by atoms with Crippen molar-refractivity contribution in [2.75, 3.05) is 0 Å². The van der Waals surface area contributed by atoms with E-state index < -0.39 is 0 Å². The molecule has 0 bridgehead atoms. The maximum Gasteiger partial charge on any atom is 0.0571 e. The van der Waals surface area contributed by atoms with Crippen LogP contribution in [0, 0.1) is 17.8 Å². The molecule has 0 aromatic carbocycles. The number of aliphatic hydroxyl groups is 1. The fourth-order valence-corrected chi connectivity index (χ4v) is 3.39. The zero-order valence-corrected chi connectivity index (χ0v) is 12.7. The number of halogens is 1. The van der Waals surface area contributed by atoms with Crippen LogP contribution < -0.4 is 0 Å². The fraction of sp³-hybridized carbons (Fsp3) is 0.667. The lowest BCUT2D eigenvalue weighted by Crippen LogP contribution is -2.32. The van der Waals surface area contributed by atoms with Crippen LogP contribution in [0.1, 0.15) is 38.7 Å². The summed E-state index contributed by atoms with van der Waals surface area (Å²) in [5, 5.41) is 10.2. The fourth-order valence-electron chi connectivity index (χ4n) is 2.98. The highest BCUT2D eigenvalue weighted by Crippen LogP contribution is 2.35. The van der Waals surface area contributed by atoms with Gasteiger partial charge in [-0.05, 0) is 71.0 Å². The van der Waals surface area contributed by atoms with E-state index in [9.17, 15) is 5.11 Å². The molecule has 1 saturated carbocycles. The van der Waals surface area contributed by atoms with E-state index in [1.54, 1.807) is 6.20 Å². The number of aliphatic hydroxyl groups excluding tert-OH is 1. The topological polar surface area (TPSA) is 33.1 Å². The number of hydrogen-bond donors (Lipinski definition) is 1. The highest BCUT2D eigenvalue weighted by atomic mass is 79.9. The maximum absolute atomic E-state index is 10.2. The minimum absolute atomic E-state index is 0.140. The molecule has 1 fully saturated rings. The number of nitrogens with zero attached hydrogens (tertiary/aromatic N) is 1. The number of pyridine rings is 1. The summed E-state index contributed by atoms with van der Waals surface area (Å²) < 4.78 is 1.02. The summed E-state index contributed by atoms with van der Waals surface area (Å²) in [6.45, 7) is 4.58. The molecule has 3 unspecified atom stereocenters. The molecule has 3 atom stereocenters. The largest absolute Gasteiger partial charge is 0.393 e. The second-order valence-electron chi connectivity index (χ2n) is 5.86. The van der Waals surface area contributed by atoms with Gasteiger partial charge in [0, 0.05) is 16.9 Å². The van der Waals surface area contributed by atoms with Gasteiger partial charge in [-0.15, -0.1) is 0 Å². The smallest absolute Gasteiger partial charge is 0.0571 e. The molecule has 2 rings (SSSR count). The van der Waals surface area contributed by atoms with Gasteiger partial charge >= 0.3 is 0 Å². The highest BCUT2D eigenvalue weighted by Gasteiger charge is 2.30. The predicted molar refractivity (Wildman–Crippen MR) is 77.3 cm³/mol. The molecule has 1 aliphatic rings. The van der Waals surface area contributed by atoms with Gasteiger partial charge in [0.25, 0.3) is 0 Å². The second-order valence-corrected chi connectivity index (χ2v) is 6.78. The molecule has 0 aliphatic heterocycles. The van der Waals surface area contributed by atoms with Gasteiger partial charge in [0.2, 0.25) is 0 Å². The second kappa shape index (κ2) is 6.16. The first-order chi connectivity index (χ1) is 8.56. The zero-order valence-electron chi connectivity index (χ0n) is 11.1. The third-order valence-electron chi connectivity index (χ3n) is 4.19. The molecule has 3 heteroatoms. The Morgan fingerprint density at radius 3 is 2.83 bits per heavy atom. The lowest BCUT2D eigenvalue weighted by atomic mass is 9.73. The normalized spacial score (nSPS) is 28.6. The van der Waals surface area contributed by atoms with Crippen molar-refractivity contribution in [2.45, 2.75) is 45.6 Å². The number of aromatic nitrogens is 1. The van der Waals surface area contributed by atoms with Crippen molar-refractivity contribution in [1.82, 2.24) is 4.98 Å². The molecule has 1 aliphatic carbocycles. The summed E-state index contributed by atoms with van der Waals surface area (Å²) in [6.07, 6.45) is 7.79. The average molecular weight is 312 g/mol. The Labute approximate surface area is 118 Å². The third-order valence-corrected chi connectivity index (χ3v) is 4.62. The molecule has 2 nitrogen and oxygen atoms in total. The molecule has 0 spiro atoms. The van der Waals surface area contributed by atoms with E-state index in [1.165, 1.54) is 12.0 Å². The Hall–Kier alpha value is -0.410. The van der Waals surface area contributed by atoms with E-state index in [0.29, 0.717) is 5.92 Å². The number of rotatable bonds is 3. The number of hydrogen-bond acceptors (Lipinski definition) is 2. The molecule has 1 aromatic heterocycles. The highest BCUT2D eigenvalue weighted by molar-refractivity contribution is 9.10. The van der Waals surface area contributed by atoms with E-state index in [-0.39, 0.29) is 6.10 Å². The van der Waals surface area contributed by atoms with Gasteiger partial charge in [0.05, 0.1) is 6.10 Å². The van der Waals surface area contributed by atoms with Crippen LogP contribution >= 0.6 is 15.9 Å². The van der Waals surface area contributed by atoms with E-state index in [4.69, 9.17) is 0 Å². The molecule has 1 heterocycles. The van der Waals surface area contributed by atoms with Crippen LogP contribution in [0.5, 0.6) is 0 Å². The van der Waals surface area contributed by atoms with Crippen LogP contribution in [0.25, 0.3) is 0 Å². The Morgan fingerprint density at radius 1 is 1.39 bits per heavy atom. The molecule has 1 N–H and O–H groups in total. The van der Waals surface area contributed by atoms with Crippen molar-refractivity contribution in [1.29, 1.82) is 0 Å². The molecule has 100 valence electrons. The third kappa shape index (κ3) is 3.55. The summed E-state index contributed by atoms with van der Waals surface area (Å²) >= 11 is 3.45. The predicted octanol–water partition coefficient (Wildman–Crippen LogP) is 3.82. The van der Waals surface area contributed by atoms with Gasteiger partial charge in [-0.3, -0.25) is 4.98 Å². The van der Waals surface area contributed by atoms with Gasteiger partial charge in [-0.25, -0.2) is 0 Å². The average Bonchev–Trinajstić information content (AvgIpc) is 2.31. The molecule has 18 heavy (non-hydrogen) atoms. The van der Waals surface area contributed by atoms with Crippen molar-refractivity contribution < 1.29 is 5.11 Å². The van der Waals surface area contributed by atoms with Crippen LogP contribution in [0.15, 0.2) is 22.9 Å². The van der Waals surface area contributed by atoms with E-state index in [1.807, 2.05) is 6.20 Å². The van der Waals surface area contributed by atoms with Crippen molar-refractivity contribution in [2.24, 2.45) is 17.8 Å². The van der Waals surface area contributed by atoms with Crippen molar-refractivity contribution in [3.63, 3.8) is 0 Å². The van der Waals surface area contributed by atoms with Gasteiger partial charge < -0.3 is 5.11 Å². The molecular formula is C15H22BrNO. The van der Waals surface area contributed by atoms with E-state index in [2.05, 4.69) is 40.8 Å². The summed E-state index contributed by atoms with van der Waals surface area (Å²) in [7, 11) is 0. The lowest BCUT2D eigenvalue weighted by Gasteiger charge is -2.35. The van der Waals surface area contributed by atoms with Crippen LogP contribution in [-0.2, 0) is 6.42 Å². The minimum Gasteiger partial charge on any atom is -0.393 e. The first kappa shape index (κ1) is 14.0. The van der Waals surface area contributed by atoms with Crippen LogP contribution in [0.4, 0.5) is 0 Å². The first-order valence-electron chi connectivity index (χ1n) is 6.83. The van der Waals surface area contributed by atoms with Crippen LogP contribution in [0.3, 0.4) is 0 Å². The Kier molecular flexibility index (Phi) is 4.79. The Morgan fingerprint density at radius 2 is 2.17 bits per heavy atom. The first-order valence-corrected chi connectivity index (χ1v) is 7.63. The standard InChI is InChI=1S/C15H22BrNO/c1-10(2)12-3-4-15(18)13(7-12)5-11-6-14(16)9-17-8-11/h6,8-10,12-13,15,18H,3-5,7H2,1-2H3. The van der Waals surface area contributed by atoms with Crippen molar-refractivity contribution >= 4 is 15.9 Å². The van der Waals surface area contributed by atoms with E-state index in [0.717, 1.165) is 35.6 Å².